The lowest BCUT2D eigenvalue weighted by Gasteiger charge is -2.04. The van der Waals surface area contributed by atoms with Gasteiger partial charge in [0.05, 0.1) is 6.20 Å². The second kappa shape index (κ2) is 5.96. The maximum atomic E-state index is 11.1. The smallest absolute Gasteiger partial charge is 0.409 e. The predicted octanol–water partition coefficient (Wildman–Crippen LogP) is 1.97. The van der Waals surface area contributed by atoms with E-state index in [1.165, 1.54) is 6.20 Å². The van der Waals surface area contributed by atoms with Gasteiger partial charge in [-0.3, -0.25) is 4.98 Å². The fraction of sp³-hybridized carbons (Fsp3) is 0.400. The Bertz CT molecular complexity index is 275. The molecule has 1 N–H and O–H groups in total. The highest BCUT2D eigenvalue weighted by Gasteiger charge is 2.01. The van der Waals surface area contributed by atoms with Crippen LogP contribution in [0.1, 0.15) is 19.8 Å². The third-order valence-corrected chi connectivity index (χ3v) is 1.64. The molecule has 0 saturated carbocycles. The predicted molar refractivity (Wildman–Crippen MR) is 53.2 cm³/mol. The molecule has 1 heterocycles. The largest absolute Gasteiger partial charge is 0.412 e. The first-order valence-corrected chi connectivity index (χ1v) is 4.68. The molecule has 0 aliphatic heterocycles. The summed E-state index contributed by atoms with van der Waals surface area (Å²) in [6.45, 7) is 2.71. The Balaban J connectivity index is 2.27. The zero-order chi connectivity index (χ0) is 10.2. The van der Waals surface area contributed by atoms with Gasteiger partial charge in [-0.25, -0.2) is 4.79 Å². The molecule has 1 aromatic rings. The molecule has 0 aliphatic rings. The van der Waals surface area contributed by atoms with E-state index >= 15 is 0 Å². The summed E-state index contributed by atoms with van der Waals surface area (Å²) in [5, 5.41) is 2.64. The van der Waals surface area contributed by atoms with Crippen LogP contribution in [0.2, 0.25) is 0 Å². The van der Waals surface area contributed by atoms with E-state index in [0.29, 0.717) is 12.3 Å². The molecule has 0 saturated heterocycles. The van der Waals surface area contributed by atoms with E-state index in [4.69, 9.17) is 4.74 Å². The zero-order valence-corrected chi connectivity index (χ0v) is 8.19. The molecule has 0 unspecified atom stereocenters. The molecule has 1 aromatic heterocycles. The third kappa shape index (κ3) is 3.89. The summed E-state index contributed by atoms with van der Waals surface area (Å²) in [6.07, 6.45) is 4.71. The first-order valence-electron chi connectivity index (χ1n) is 4.68. The lowest BCUT2D eigenvalue weighted by atomic mass is 10.3. The molecule has 0 fully saturated rings. The van der Waals surface area contributed by atoms with Crippen molar-refractivity contribution in [2.24, 2.45) is 0 Å². The molecule has 4 nitrogen and oxygen atoms in total. The number of rotatable bonds is 4. The summed E-state index contributed by atoms with van der Waals surface area (Å²) in [6, 6.07) is 3.40. The van der Waals surface area contributed by atoms with Crippen LogP contribution < -0.4 is 10.1 Å². The number of carbonyl (C=O) groups excluding carboxylic acids is 1. The fourth-order valence-electron chi connectivity index (χ4n) is 0.918. The van der Waals surface area contributed by atoms with Crippen molar-refractivity contribution < 1.29 is 9.53 Å². The van der Waals surface area contributed by atoms with E-state index in [9.17, 15) is 4.79 Å². The van der Waals surface area contributed by atoms with Gasteiger partial charge in [-0.1, -0.05) is 13.3 Å². The maximum Gasteiger partial charge on any atom is 0.412 e. The van der Waals surface area contributed by atoms with Crippen molar-refractivity contribution in [1.29, 1.82) is 0 Å². The van der Waals surface area contributed by atoms with Crippen molar-refractivity contribution in [2.75, 3.05) is 6.54 Å². The molecule has 0 aromatic carbocycles. The number of aromatic nitrogens is 1. The molecule has 0 bridgehead atoms. The highest BCUT2D eigenvalue weighted by atomic mass is 16.6. The van der Waals surface area contributed by atoms with Crippen LogP contribution in [0.15, 0.2) is 24.5 Å². The van der Waals surface area contributed by atoms with Gasteiger partial charge in [-0.05, 0) is 18.6 Å². The summed E-state index contributed by atoms with van der Waals surface area (Å²) in [4.78, 5) is 15.0. The first kappa shape index (κ1) is 10.5. The van der Waals surface area contributed by atoms with Gasteiger partial charge < -0.3 is 10.1 Å². The highest BCUT2D eigenvalue weighted by molar-refractivity contribution is 5.70. The molecular formula is C10H14N2O2. The van der Waals surface area contributed by atoms with E-state index in [-0.39, 0.29) is 0 Å². The number of unbranched alkanes of at least 4 members (excludes halogenated alkanes) is 1. The summed E-state index contributed by atoms with van der Waals surface area (Å²) in [7, 11) is 0. The van der Waals surface area contributed by atoms with Gasteiger partial charge in [0.1, 0.15) is 0 Å². The number of nitrogens with zero attached hydrogens (tertiary/aromatic N) is 1. The Morgan fingerprint density at radius 3 is 3.14 bits per heavy atom. The van der Waals surface area contributed by atoms with Gasteiger partial charge in [-0.2, -0.15) is 0 Å². The minimum Gasteiger partial charge on any atom is -0.409 e. The molecule has 14 heavy (non-hydrogen) atoms. The van der Waals surface area contributed by atoms with E-state index in [2.05, 4.69) is 17.2 Å². The van der Waals surface area contributed by atoms with Crippen LogP contribution in [0.5, 0.6) is 5.75 Å². The van der Waals surface area contributed by atoms with Crippen LogP contribution in [0.3, 0.4) is 0 Å². The van der Waals surface area contributed by atoms with Gasteiger partial charge >= 0.3 is 6.09 Å². The Hall–Kier alpha value is -1.58. The Morgan fingerprint density at radius 2 is 2.50 bits per heavy atom. The van der Waals surface area contributed by atoms with Gasteiger partial charge in [-0.15, -0.1) is 0 Å². The van der Waals surface area contributed by atoms with E-state index in [1.807, 2.05) is 0 Å². The average molecular weight is 194 g/mol. The molecule has 0 spiro atoms. The summed E-state index contributed by atoms with van der Waals surface area (Å²) >= 11 is 0. The zero-order valence-electron chi connectivity index (χ0n) is 8.19. The lowest BCUT2D eigenvalue weighted by molar-refractivity contribution is 0.200. The molecule has 1 rings (SSSR count). The molecule has 0 atom stereocenters. The Kier molecular flexibility index (Phi) is 4.47. The number of hydrogen-bond acceptors (Lipinski definition) is 3. The van der Waals surface area contributed by atoms with Crippen molar-refractivity contribution >= 4 is 6.09 Å². The van der Waals surface area contributed by atoms with Crippen molar-refractivity contribution in [1.82, 2.24) is 10.3 Å². The van der Waals surface area contributed by atoms with Crippen LogP contribution in [0.25, 0.3) is 0 Å². The molecule has 0 aliphatic carbocycles. The summed E-state index contributed by atoms with van der Waals surface area (Å²) in [5.74, 6) is 0.460. The lowest BCUT2D eigenvalue weighted by Crippen LogP contribution is -2.27. The molecule has 4 heteroatoms. The van der Waals surface area contributed by atoms with Crippen molar-refractivity contribution in [3.05, 3.63) is 24.5 Å². The number of hydrogen-bond donors (Lipinski definition) is 1. The second-order valence-corrected chi connectivity index (χ2v) is 2.86. The number of carbonyl (C=O) groups is 1. The maximum absolute atomic E-state index is 11.1. The van der Waals surface area contributed by atoms with E-state index < -0.39 is 6.09 Å². The Labute approximate surface area is 83.3 Å². The van der Waals surface area contributed by atoms with Crippen LogP contribution in [0, 0.1) is 0 Å². The minimum absolute atomic E-state index is 0.425. The fourth-order valence-corrected chi connectivity index (χ4v) is 0.918. The number of ether oxygens (including phenoxy) is 1. The van der Waals surface area contributed by atoms with Gasteiger partial charge in [0.25, 0.3) is 0 Å². The van der Waals surface area contributed by atoms with Crippen molar-refractivity contribution in [2.45, 2.75) is 19.8 Å². The minimum atomic E-state index is -0.425. The molecular weight excluding hydrogens is 180 g/mol. The summed E-state index contributed by atoms with van der Waals surface area (Å²) < 4.78 is 4.95. The number of nitrogens with one attached hydrogen (secondary N) is 1. The second-order valence-electron chi connectivity index (χ2n) is 2.86. The van der Waals surface area contributed by atoms with Gasteiger partial charge in [0, 0.05) is 12.7 Å². The van der Waals surface area contributed by atoms with E-state index in [1.54, 1.807) is 18.3 Å². The highest BCUT2D eigenvalue weighted by Crippen LogP contribution is 2.05. The van der Waals surface area contributed by atoms with Crippen molar-refractivity contribution in [3.63, 3.8) is 0 Å². The van der Waals surface area contributed by atoms with Crippen LogP contribution >= 0.6 is 0 Å². The first-order chi connectivity index (χ1) is 6.83. The quantitative estimate of drug-likeness (QED) is 0.745. The topological polar surface area (TPSA) is 51.2 Å². The number of pyridine rings is 1. The SMILES string of the molecule is CCCCNC(=O)Oc1cccnc1. The van der Waals surface area contributed by atoms with E-state index in [0.717, 1.165) is 12.8 Å². The Morgan fingerprint density at radius 1 is 1.64 bits per heavy atom. The van der Waals surface area contributed by atoms with Crippen molar-refractivity contribution in [3.8, 4) is 5.75 Å². The van der Waals surface area contributed by atoms with Crippen LogP contribution in [-0.4, -0.2) is 17.6 Å². The average Bonchev–Trinajstić information content (AvgIpc) is 2.20. The molecule has 0 radical (unpaired) electrons. The molecule has 76 valence electrons. The molecule has 1 amide bonds. The summed E-state index contributed by atoms with van der Waals surface area (Å²) in [5.41, 5.74) is 0. The number of amides is 1. The van der Waals surface area contributed by atoms with Crippen LogP contribution in [-0.2, 0) is 0 Å². The van der Waals surface area contributed by atoms with Gasteiger partial charge in [0.15, 0.2) is 5.75 Å². The standard InChI is InChI=1S/C10H14N2O2/c1-2-3-7-12-10(13)14-9-5-4-6-11-8-9/h4-6,8H,2-3,7H2,1H3,(H,12,13). The normalized spacial score (nSPS) is 9.50. The third-order valence-electron chi connectivity index (χ3n) is 1.64. The van der Waals surface area contributed by atoms with Crippen LogP contribution in [0.4, 0.5) is 4.79 Å². The monoisotopic (exact) mass is 194 g/mol. The van der Waals surface area contributed by atoms with Gasteiger partial charge in [0.2, 0.25) is 0 Å².